The van der Waals surface area contributed by atoms with E-state index in [-0.39, 0.29) is 6.04 Å². The molecule has 1 aromatic carbocycles. The van der Waals surface area contributed by atoms with Gasteiger partial charge in [0.15, 0.2) is 5.82 Å². The molecule has 0 fully saturated rings. The Bertz CT molecular complexity index is 579. The van der Waals surface area contributed by atoms with Gasteiger partial charge in [-0.2, -0.15) is 0 Å². The summed E-state index contributed by atoms with van der Waals surface area (Å²) in [6, 6.07) is 5.80. The second kappa shape index (κ2) is 3.89. The molecule has 4 nitrogen and oxygen atoms in total. The maximum atomic E-state index is 6.02. The van der Waals surface area contributed by atoms with Crippen LogP contribution >= 0.6 is 23.2 Å². The van der Waals surface area contributed by atoms with Crippen molar-refractivity contribution in [2.75, 3.05) is 5.73 Å². The predicted molar refractivity (Wildman–Crippen MR) is 67.4 cm³/mol. The van der Waals surface area contributed by atoms with E-state index >= 15 is 0 Å². The molecule has 0 spiro atoms. The van der Waals surface area contributed by atoms with Crippen molar-refractivity contribution >= 4 is 29.0 Å². The van der Waals surface area contributed by atoms with Gasteiger partial charge in [0.2, 0.25) is 0 Å². The summed E-state index contributed by atoms with van der Waals surface area (Å²) in [6.45, 7) is 0. The van der Waals surface area contributed by atoms with Crippen LogP contribution in [0.3, 0.4) is 0 Å². The second-order valence-electron chi connectivity index (χ2n) is 4.09. The molecule has 2 aromatic rings. The van der Waals surface area contributed by atoms with E-state index in [4.69, 9.17) is 28.9 Å². The number of nitrogens with two attached hydrogens (primary N) is 1. The summed E-state index contributed by atoms with van der Waals surface area (Å²) in [6.07, 6.45) is 1.86. The molecule has 0 bridgehead atoms. The molecule has 88 valence electrons. The van der Waals surface area contributed by atoms with Gasteiger partial charge in [0, 0.05) is 0 Å². The number of halogens is 2. The van der Waals surface area contributed by atoms with Crippen LogP contribution < -0.4 is 5.73 Å². The van der Waals surface area contributed by atoms with Crippen molar-refractivity contribution in [1.29, 1.82) is 0 Å². The zero-order chi connectivity index (χ0) is 12.0. The maximum absolute atomic E-state index is 6.02. The van der Waals surface area contributed by atoms with Gasteiger partial charge in [-0.1, -0.05) is 34.5 Å². The van der Waals surface area contributed by atoms with Crippen LogP contribution in [-0.2, 0) is 6.42 Å². The van der Waals surface area contributed by atoms with Gasteiger partial charge in [0.25, 0.3) is 0 Å². The number of fused-ring (bicyclic) bond motifs is 1. The van der Waals surface area contributed by atoms with Crippen LogP contribution in [-0.4, -0.2) is 15.0 Å². The van der Waals surface area contributed by atoms with Gasteiger partial charge in [-0.3, -0.25) is 0 Å². The number of nitrogen functional groups attached to an aromatic ring is 1. The average molecular weight is 269 g/mol. The van der Waals surface area contributed by atoms with Crippen LogP contribution in [0.15, 0.2) is 18.2 Å². The minimum Gasteiger partial charge on any atom is -0.381 e. The molecule has 1 aliphatic rings. The Labute approximate surface area is 108 Å². The van der Waals surface area contributed by atoms with Gasteiger partial charge in [-0.15, -0.1) is 5.10 Å². The van der Waals surface area contributed by atoms with E-state index < -0.39 is 0 Å². The molecule has 1 aliphatic heterocycles. The highest BCUT2D eigenvalue weighted by Crippen LogP contribution is 2.35. The third kappa shape index (κ3) is 1.68. The topological polar surface area (TPSA) is 56.7 Å². The molecule has 1 aromatic heterocycles. The number of rotatable bonds is 1. The summed E-state index contributed by atoms with van der Waals surface area (Å²) >= 11 is 11.9. The van der Waals surface area contributed by atoms with Crippen molar-refractivity contribution in [3.8, 4) is 0 Å². The van der Waals surface area contributed by atoms with Crippen molar-refractivity contribution in [2.24, 2.45) is 0 Å². The third-order valence-corrected chi connectivity index (χ3v) is 3.84. The molecule has 2 heterocycles. The minimum atomic E-state index is 0.157. The van der Waals surface area contributed by atoms with Crippen molar-refractivity contribution in [2.45, 2.75) is 18.9 Å². The summed E-state index contributed by atoms with van der Waals surface area (Å²) in [5.41, 5.74) is 7.83. The molecule has 1 atom stereocenters. The molecule has 3 rings (SSSR count). The van der Waals surface area contributed by atoms with E-state index in [9.17, 15) is 0 Å². The molecule has 17 heavy (non-hydrogen) atoms. The van der Waals surface area contributed by atoms with Crippen molar-refractivity contribution < 1.29 is 0 Å². The first-order valence-electron chi connectivity index (χ1n) is 5.31. The highest BCUT2D eigenvalue weighted by Gasteiger charge is 2.27. The molecular weight excluding hydrogens is 259 g/mol. The molecule has 2 N–H and O–H groups in total. The van der Waals surface area contributed by atoms with Gasteiger partial charge in [-0.25, -0.2) is 4.68 Å². The lowest BCUT2D eigenvalue weighted by Gasteiger charge is -2.12. The number of anilines is 1. The van der Waals surface area contributed by atoms with Crippen LogP contribution in [0.4, 0.5) is 5.82 Å². The molecule has 0 aliphatic carbocycles. The van der Waals surface area contributed by atoms with Gasteiger partial charge < -0.3 is 5.73 Å². The van der Waals surface area contributed by atoms with E-state index in [1.54, 1.807) is 6.07 Å². The number of hydrogen-bond acceptors (Lipinski definition) is 3. The molecule has 6 heteroatoms. The van der Waals surface area contributed by atoms with E-state index in [1.165, 1.54) is 0 Å². The summed E-state index contributed by atoms with van der Waals surface area (Å²) in [4.78, 5) is 0. The smallest absolute Gasteiger partial charge is 0.169 e. The summed E-state index contributed by atoms with van der Waals surface area (Å²) in [5.74, 6) is 0.521. The Balaban J connectivity index is 2.03. The van der Waals surface area contributed by atoms with Crippen molar-refractivity contribution in [3.63, 3.8) is 0 Å². The van der Waals surface area contributed by atoms with Gasteiger partial charge in [0.05, 0.1) is 21.8 Å². The number of benzene rings is 1. The Morgan fingerprint density at radius 1 is 1.29 bits per heavy atom. The molecule has 0 amide bonds. The molecule has 0 saturated carbocycles. The van der Waals surface area contributed by atoms with Crippen molar-refractivity contribution in [3.05, 3.63) is 39.5 Å². The minimum absolute atomic E-state index is 0.157. The number of nitrogens with zero attached hydrogens (tertiary/aromatic N) is 3. The van der Waals surface area contributed by atoms with Crippen LogP contribution in [0.25, 0.3) is 0 Å². The first-order chi connectivity index (χ1) is 8.16. The highest BCUT2D eigenvalue weighted by molar-refractivity contribution is 6.42. The largest absolute Gasteiger partial charge is 0.381 e. The zero-order valence-electron chi connectivity index (χ0n) is 8.90. The highest BCUT2D eigenvalue weighted by atomic mass is 35.5. The summed E-state index contributed by atoms with van der Waals surface area (Å²) in [5, 5.41) is 9.08. The Kier molecular flexibility index (Phi) is 2.49. The Morgan fingerprint density at radius 2 is 2.12 bits per heavy atom. The lowest BCUT2D eigenvalue weighted by Crippen LogP contribution is -2.07. The van der Waals surface area contributed by atoms with Crippen molar-refractivity contribution in [1.82, 2.24) is 15.0 Å². The zero-order valence-corrected chi connectivity index (χ0v) is 10.4. The second-order valence-corrected chi connectivity index (χ2v) is 4.91. The Hall–Kier alpha value is -1.26. The third-order valence-electron chi connectivity index (χ3n) is 3.10. The number of hydrogen-bond donors (Lipinski definition) is 1. The lowest BCUT2D eigenvalue weighted by molar-refractivity contribution is 0.534. The van der Waals surface area contributed by atoms with Gasteiger partial charge in [0.1, 0.15) is 0 Å². The van der Waals surface area contributed by atoms with E-state index in [0.717, 1.165) is 24.1 Å². The summed E-state index contributed by atoms with van der Waals surface area (Å²) < 4.78 is 1.87. The fourth-order valence-corrected chi connectivity index (χ4v) is 2.55. The molecule has 1 unspecified atom stereocenters. The van der Waals surface area contributed by atoms with Crippen LogP contribution in [0.5, 0.6) is 0 Å². The molecule has 0 radical (unpaired) electrons. The lowest BCUT2D eigenvalue weighted by atomic mass is 10.1. The van der Waals surface area contributed by atoms with E-state index in [0.29, 0.717) is 15.9 Å². The standard InChI is InChI=1S/C11H10Cl2N4/c12-7-2-1-6(5-8(7)13)9-3-4-10-11(14)15-16-17(9)10/h1-2,5,9H,3-4,14H2. The van der Waals surface area contributed by atoms with E-state index in [1.807, 2.05) is 16.8 Å². The van der Waals surface area contributed by atoms with Crippen LogP contribution in [0.2, 0.25) is 10.0 Å². The van der Waals surface area contributed by atoms with E-state index in [2.05, 4.69) is 10.3 Å². The first kappa shape index (κ1) is 10.9. The summed E-state index contributed by atoms with van der Waals surface area (Å²) in [7, 11) is 0. The fraction of sp³-hybridized carbons (Fsp3) is 0.273. The number of aromatic nitrogens is 3. The first-order valence-corrected chi connectivity index (χ1v) is 6.07. The normalized spacial score (nSPS) is 18.4. The predicted octanol–water partition coefficient (Wildman–Crippen LogP) is 2.70. The monoisotopic (exact) mass is 268 g/mol. The van der Waals surface area contributed by atoms with Gasteiger partial charge in [-0.05, 0) is 30.5 Å². The average Bonchev–Trinajstić information content (AvgIpc) is 2.86. The Morgan fingerprint density at radius 3 is 2.88 bits per heavy atom. The van der Waals surface area contributed by atoms with Crippen LogP contribution in [0, 0.1) is 0 Å². The molecule has 0 saturated heterocycles. The maximum Gasteiger partial charge on any atom is 0.169 e. The quantitative estimate of drug-likeness (QED) is 0.865. The SMILES string of the molecule is Nc1nnn2c1CCC2c1ccc(Cl)c(Cl)c1. The fourth-order valence-electron chi connectivity index (χ4n) is 2.24. The molecular formula is C11H10Cl2N4. The van der Waals surface area contributed by atoms with Crippen LogP contribution in [0.1, 0.15) is 23.7 Å². The van der Waals surface area contributed by atoms with Gasteiger partial charge >= 0.3 is 0 Å².